The summed E-state index contributed by atoms with van der Waals surface area (Å²) in [5, 5.41) is 3.49. The largest absolute Gasteiger partial charge is 0.317 e. The zero-order valence-electron chi connectivity index (χ0n) is 12.1. The van der Waals surface area contributed by atoms with Crippen molar-refractivity contribution in [3.63, 3.8) is 0 Å². The van der Waals surface area contributed by atoms with Crippen molar-refractivity contribution in [2.24, 2.45) is 0 Å². The van der Waals surface area contributed by atoms with Crippen molar-refractivity contribution >= 4 is 0 Å². The summed E-state index contributed by atoms with van der Waals surface area (Å²) in [7, 11) is 0. The number of benzene rings is 1. The smallest absolute Gasteiger partial charge is 0.0160 e. The number of rotatable bonds is 6. The number of piperidine rings is 1. The van der Waals surface area contributed by atoms with E-state index in [9.17, 15) is 0 Å². The highest BCUT2D eigenvalue weighted by atomic mass is 15.1. The second-order valence-corrected chi connectivity index (χ2v) is 5.51. The first-order valence-electron chi connectivity index (χ1n) is 7.40. The Morgan fingerprint density at radius 3 is 2.53 bits per heavy atom. The molecule has 0 saturated carbocycles. The van der Waals surface area contributed by atoms with E-state index in [0.717, 1.165) is 32.7 Å². The van der Waals surface area contributed by atoms with Crippen LogP contribution in [0.4, 0.5) is 0 Å². The van der Waals surface area contributed by atoms with Crippen LogP contribution in [0.1, 0.15) is 25.3 Å². The summed E-state index contributed by atoms with van der Waals surface area (Å²) in [6, 6.07) is 11.0. The maximum absolute atomic E-state index is 3.88. The zero-order chi connectivity index (χ0) is 13.6. The van der Waals surface area contributed by atoms with Crippen LogP contribution in [0, 0.1) is 0 Å². The molecule has 1 heterocycles. The molecule has 1 saturated heterocycles. The molecule has 2 nitrogen and oxygen atoms in total. The van der Waals surface area contributed by atoms with E-state index in [1.165, 1.54) is 18.4 Å². The molecule has 0 atom stereocenters. The standard InChI is InChI=1S/C17H26N2/c1-3-14-19(4-2)15-17(10-12-18-13-11-17)16-8-6-5-7-9-16/h3,5-9,18H,1,4,10-15H2,2H3. The van der Waals surface area contributed by atoms with Crippen molar-refractivity contribution in [2.75, 3.05) is 32.7 Å². The molecule has 1 aliphatic rings. The van der Waals surface area contributed by atoms with Gasteiger partial charge in [-0.05, 0) is 38.0 Å². The minimum Gasteiger partial charge on any atom is -0.317 e. The Kier molecular flexibility index (Phi) is 5.17. The van der Waals surface area contributed by atoms with Crippen LogP contribution in [0.15, 0.2) is 43.0 Å². The van der Waals surface area contributed by atoms with Gasteiger partial charge >= 0.3 is 0 Å². The fraction of sp³-hybridized carbons (Fsp3) is 0.529. The Morgan fingerprint density at radius 2 is 1.95 bits per heavy atom. The Balaban J connectivity index is 2.21. The summed E-state index contributed by atoms with van der Waals surface area (Å²) in [4.78, 5) is 2.51. The minimum absolute atomic E-state index is 0.311. The third-order valence-electron chi connectivity index (χ3n) is 4.31. The zero-order valence-corrected chi connectivity index (χ0v) is 12.1. The maximum atomic E-state index is 3.88. The molecule has 0 aromatic heterocycles. The van der Waals surface area contributed by atoms with Crippen LogP contribution in [-0.4, -0.2) is 37.6 Å². The predicted molar refractivity (Wildman–Crippen MR) is 82.5 cm³/mol. The Hall–Kier alpha value is -1.12. The Bertz CT molecular complexity index is 380. The molecule has 2 heteroatoms. The van der Waals surface area contributed by atoms with E-state index in [1.54, 1.807) is 0 Å². The Morgan fingerprint density at radius 1 is 1.26 bits per heavy atom. The lowest BCUT2D eigenvalue weighted by Gasteiger charge is -2.41. The molecule has 1 aromatic rings. The molecule has 1 fully saturated rings. The van der Waals surface area contributed by atoms with E-state index in [1.807, 2.05) is 6.08 Å². The number of likely N-dealkylation sites (N-methyl/N-ethyl adjacent to an activating group) is 1. The van der Waals surface area contributed by atoms with Gasteiger partial charge in [0.25, 0.3) is 0 Å². The number of hydrogen-bond donors (Lipinski definition) is 1. The minimum atomic E-state index is 0.311. The van der Waals surface area contributed by atoms with Crippen LogP contribution in [0.3, 0.4) is 0 Å². The SMILES string of the molecule is C=CCN(CC)CC1(c2ccccc2)CCNCC1. The number of nitrogens with one attached hydrogen (secondary N) is 1. The summed E-state index contributed by atoms with van der Waals surface area (Å²) in [6.45, 7) is 11.6. The van der Waals surface area contributed by atoms with Gasteiger partial charge < -0.3 is 5.32 Å². The van der Waals surface area contributed by atoms with E-state index in [2.05, 4.69) is 54.1 Å². The first-order chi connectivity index (χ1) is 9.30. The van der Waals surface area contributed by atoms with Crippen LogP contribution in [0.2, 0.25) is 0 Å². The fourth-order valence-corrected chi connectivity index (χ4v) is 3.15. The van der Waals surface area contributed by atoms with Gasteiger partial charge in [0.1, 0.15) is 0 Å². The molecule has 104 valence electrons. The molecule has 0 spiro atoms. The number of hydrogen-bond acceptors (Lipinski definition) is 2. The van der Waals surface area contributed by atoms with Gasteiger partial charge in [0, 0.05) is 18.5 Å². The summed E-state index contributed by atoms with van der Waals surface area (Å²) in [5.41, 5.74) is 1.81. The van der Waals surface area contributed by atoms with Crippen LogP contribution in [0.25, 0.3) is 0 Å². The molecule has 1 aromatic carbocycles. The molecule has 1 aliphatic heterocycles. The fourth-order valence-electron chi connectivity index (χ4n) is 3.15. The van der Waals surface area contributed by atoms with E-state index in [4.69, 9.17) is 0 Å². The van der Waals surface area contributed by atoms with Gasteiger partial charge in [-0.3, -0.25) is 4.90 Å². The van der Waals surface area contributed by atoms with Crippen molar-refractivity contribution in [2.45, 2.75) is 25.2 Å². The molecule has 2 rings (SSSR count). The molecule has 0 aliphatic carbocycles. The van der Waals surface area contributed by atoms with E-state index < -0.39 is 0 Å². The molecule has 1 N–H and O–H groups in total. The second kappa shape index (κ2) is 6.88. The quantitative estimate of drug-likeness (QED) is 0.789. The summed E-state index contributed by atoms with van der Waals surface area (Å²) >= 11 is 0. The van der Waals surface area contributed by atoms with E-state index in [-0.39, 0.29) is 0 Å². The molecular formula is C17H26N2. The molecule has 0 unspecified atom stereocenters. The van der Waals surface area contributed by atoms with Gasteiger partial charge in [-0.25, -0.2) is 0 Å². The van der Waals surface area contributed by atoms with Crippen molar-refractivity contribution in [1.29, 1.82) is 0 Å². The highest BCUT2D eigenvalue weighted by molar-refractivity contribution is 5.27. The molecule has 0 bridgehead atoms. The predicted octanol–water partition coefficient (Wildman–Crippen LogP) is 2.82. The average Bonchev–Trinajstić information content (AvgIpc) is 2.49. The van der Waals surface area contributed by atoms with Crippen LogP contribution < -0.4 is 5.32 Å². The molecule has 0 amide bonds. The molecular weight excluding hydrogens is 232 g/mol. The third-order valence-corrected chi connectivity index (χ3v) is 4.31. The number of nitrogens with zero attached hydrogens (tertiary/aromatic N) is 1. The first-order valence-corrected chi connectivity index (χ1v) is 7.40. The summed E-state index contributed by atoms with van der Waals surface area (Å²) in [6.07, 6.45) is 4.47. The van der Waals surface area contributed by atoms with Gasteiger partial charge in [0.2, 0.25) is 0 Å². The van der Waals surface area contributed by atoms with Crippen molar-refractivity contribution in [3.8, 4) is 0 Å². The second-order valence-electron chi connectivity index (χ2n) is 5.51. The van der Waals surface area contributed by atoms with Crippen molar-refractivity contribution < 1.29 is 0 Å². The van der Waals surface area contributed by atoms with Gasteiger partial charge in [-0.15, -0.1) is 6.58 Å². The third kappa shape index (κ3) is 3.46. The van der Waals surface area contributed by atoms with Crippen molar-refractivity contribution in [3.05, 3.63) is 48.6 Å². The highest BCUT2D eigenvalue weighted by Gasteiger charge is 2.34. The maximum Gasteiger partial charge on any atom is 0.0160 e. The van der Waals surface area contributed by atoms with E-state index in [0.29, 0.717) is 5.41 Å². The highest BCUT2D eigenvalue weighted by Crippen LogP contribution is 2.34. The summed E-state index contributed by atoms with van der Waals surface area (Å²) in [5.74, 6) is 0. The van der Waals surface area contributed by atoms with Gasteiger partial charge in [-0.1, -0.05) is 43.3 Å². The normalized spacial score (nSPS) is 18.4. The van der Waals surface area contributed by atoms with E-state index >= 15 is 0 Å². The molecule has 0 radical (unpaired) electrons. The van der Waals surface area contributed by atoms with Gasteiger partial charge in [0.15, 0.2) is 0 Å². The monoisotopic (exact) mass is 258 g/mol. The summed E-state index contributed by atoms with van der Waals surface area (Å²) < 4.78 is 0. The topological polar surface area (TPSA) is 15.3 Å². The van der Waals surface area contributed by atoms with Crippen LogP contribution >= 0.6 is 0 Å². The first kappa shape index (κ1) is 14.3. The lowest BCUT2D eigenvalue weighted by Crippen LogP contribution is -2.47. The van der Waals surface area contributed by atoms with Crippen molar-refractivity contribution in [1.82, 2.24) is 10.2 Å². The average molecular weight is 258 g/mol. The Labute approximate surface area is 117 Å². The lowest BCUT2D eigenvalue weighted by molar-refractivity contribution is 0.193. The van der Waals surface area contributed by atoms with Gasteiger partial charge in [0.05, 0.1) is 0 Å². The molecule has 19 heavy (non-hydrogen) atoms. The van der Waals surface area contributed by atoms with Crippen LogP contribution in [-0.2, 0) is 5.41 Å². The lowest BCUT2D eigenvalue weighted by atomic mass is 9.72. The van der Waals surface area contributed by atoms with Gasteiger partial charge in [-0.2, -0.15) is 0 Å². The van der Waals surface area contributed by atoms with Crippen LogP contribution in [0.5, 0.6) is 0 Å².